The van der Waals surface area contributed by atoms with Gasteiger partial charge in [-0.05, 0) is 44.4 Å². The smallest absolute Gasteiger partial charge is 0.231 e. The van der Waals surface area contributed by atoms with Crippen LogP contribution in [0.4, 0.5) is 0 Å². The maximum atomic E-state index is 6.30. The van der Waals surface area contributed by atoms with Crippen molar-refractivity contribution in [2.45, 2.75) is 32.7 Å². The SMILES string of the molecule is Cc1cc2c(c(Cl)c1CC(C)(C)N)OCO2. The Labute approximate surface area is 100 Å². The normalized spacial score (nSPS) is 14.3. The molecule has 0 saturated carbocycles. The van der Waals surface area contributed by atoms with Crippen LogP contribution in [-0.4, -0.2) is 12.3 Å². The molecule has 0 atom stereocenters. The number of benzene rings is 1. The van der Waals surface area contributed by atoms with Gasteiger partial charge in [0.25, 0.3) is 0 Å². The topological polar surface area (TPSA) is 44.5 Å². The van der Waals surface area contributed by atoms with Gasteiger partial charge >= 0.3 is 0 Å². The first-order valence-electron chi connectivity index (χ1n) is 5.25. The van der Waals surface area contributed by atoms with Crippen molar-refractivity contribution in [2.75, 3.05) is 6.79 Å². The van der Waals surface area contributed by atoms with Gasteiger partial charge in [0.1, 0.15) is 0 Å². The number of halogens is 1. The molecule has 0 saturated heterocycles. The fraction of sp³-hybridized carbons (Fsp3) is 0.500. The number of ether oxygens (including phenoxy) is 2. The Morgan fingerprint density at radius 2 is 2.12 bits per heavy atom. The molecular weight excluding hydrogens is 226 g/mol. The van der Waals surface area contributed by atoms with Gasteiger partial charge in [-0.15, -0.1) is 0 Å². The molecule has 0 aliphatic carbocycles. The van der Waals surface area contributed by atoms with E-state index in [9.17, 15) is 0 Å². The lowest BCUT2D eigenvalue weighted by Crippen LogP contribution is -2.34. The van der Waals surface area contributed by atoms with E-state index in [1.54, 1.807) is 0 Å². The standard InChI is InChI=1S/C12H16ClNO2/c1-7-4-9-11(16-6-15-9)10(13)8(7)5-12(2,3)14/h4H,5-6,14H2,1-3H3. The van der Waals surface area contributed by atoms with Crippen LogP contribution < -0.4 is 15.2 Å². The van der Waals surface area contributed by atoms with Crippen LogP contribution in [0.2, 0.25) is 5.02 Å². The largest absolute Gasteiger partial charge is 0.454 e. The summed E-state index contributed by atoms with van der Waals surface area (Å²) in [5.41, 5.74) is 7.86. The minimum Gasteiger partial charge on any atom is -0.454 e. The Morgan fingerprint density at radius 1 is 1.44 bits per heavy atom. The van der Waals surface area contributed by atoms with Crippen LogP contribution in [0.15, 0.2) is 6.07 Å². The third-order valence-corrected chi connectivity index (χ3v) is 2.96. The van der Waals surface area contributed by atoms with Gasteiger partial charge in [0.15, 0.2) is 11.5 Å². The molecule has 0 bridgehead atoms. The van der Waals surface area contributed by atoms with Crippen molar-refractivity contribution in [3.8, 4) is 11.5 Å². The first kappa shape index (κ1) is 11.6. The van der Waals surface area contributed by atoms with E-state index in [4.69, 9.17) is 26.8 Å². The van der Waals surface area contributed by atoms with Crippen LogP contribution in [0, 0.1) is 6.92 Å². The molecule has 2 N–H and O–H groups in total. The van der Waals surface area contributed by atoms with Crippen molar-refractivity contribution in [3.05, 3.63) is 22.2 Å². The highest BCUT2D eigenvalue weighted by molar-refractivity contribution is 6.33. The summed E-state index contributed by atoms with van der Waals surface area (Å²) in [6.07, 6.45) is 0.717. The lowest BCUT2D eigenvalue weighted by Gasteiger charge is -2.21. The second-order valence-electron chi connectivity index (χ2n) is 4.89. The molecule has 4 heteroatoms. The number of nitrogens with two attached hydrogens (primary N) is 1. The maximum Gasteiger partial charge on any atom is 0.231 e. The number of fused-ring (bicyclic) bond motifs is 1. The van der Waals surface area contributed by atoms with Crippen molar-refractivity contribution in [1.82, 2.24) is 0 Å². The van der Waals surface area contributed by atoms with Gasteiger partial charge in [0.05, 0.1) is 5.02 Å². The molecule has 0 spiro atoms. The molecule has 0 unspecified atom stereocenters. The molecule has 16 heavy (non-hydrogen) atoms. The first-order chi connectivity index (χ1) is 7.38. The molecule has 2 rings (SSSR count). The lowest BCUT2D eigenvalue weighted by atomic mass is 9.93. The zero-order valence-corrected chi connectivity index (χ0v) is 10.5. The van der Waals surface area contributed by atoms with Gasteiger partial charge in [-0.1, -0.05) is 11.6 Å². The van der Waals surface area contributed by atoms with Crippen LogP contribution in [0.1, 0.15) is 25.0 Å². The van der Waals surface area contributed by atoms with E-state index in [-0.39, 0.29) is 12.3 Å². The molecule has 0 fully saturated rings. The Balaban J connectivity index is 2.46. The summed E-state index contributed by atoms with van der Waals surface area (Å²) in [7, 11) is 0. The minimum absolute atomic E-state index is 0.240. The Bertz CT molecular complexity index is 424. The highest BCUT2D eigenvalue weighted by atomic mass is 35.5. The van der Waals surface area contributed by atoms with E-state index in [0.29, 0.717) is 17.2 Å². The number of rotatable bonds is 2. The molecule has 88 valence electrons. The van der Waals surface area contributed by atoms with Gasteiger partial charge in [-0.25, -0.2) is 0 Å². The minimum atomic E-state index is -0.290. The molecule has 0 radical (unpaired) electrons. The predicted octanol–water partition coefficient (Wildman–Crippen LogP) is 2.66. The van der Waals surface area contributed by atoms with Gasteiger partial charge in [0, 0.05) is 5.54 Å². The fourth-order valence-electron chi connectivity index (χ4n) is 1.83. The Kier molecular flexibility index (Phi) is 2.76. The highest BCUT2D eigenvalue weighted by Crippen LogP contribution is 2.43. The average molecular weight is 242 g/mol. The van der Waals surface area contributed by atoms with Crippen molar-refractivity contribution >= 4 is 11.6 Å². The number of hydrogen-bond acceptors (Lipinski definition) is 3. The summed E-state index contributed by atoms with van der Waals surface area (Å²) in [5.74, 6) is 1.37. The second-order valence-corrected chi connectivity index (χ2v) is 5.26. The molecule has 0 amide bonds. The Hall–Kier alpha value is -0.930. The third kappa shape index (κ3) is 2.11. The maximum absolute atomic E-state index is 6.30. The molecule has 1 aromatic rings. The Morgan fingerprint density at radius 3 is 2.75 bits per heavy atom. The van der Waals surface area contributed by atoms with Crippen LogP contribution >= 0.6 is 11.6 Å². The molecule has 1 aliphatic heterocycles. The van der Waals surface area contributed by atoms with E-state index in [1.807, 2.05) is 26.8 Å². The van der Waals surface area contributed by atoms with E-state index < -0.39 is 0 Å². The second kappa shape index (κ2) is 3.82. The van der Waals surface area contributed by atoms with E-state index >= 15 is 0 Å². The van der Waals surface area contributed by atoms with Crippen LogP contribution in [0.3, 0.4) is 0 Å². The van der Waals surface area contributed by atoms with Crippen molar-refractivity contribution < 1.29 is 9.47 Å². The van der Waals surface area contributed by atoms with Crippen LogP contribution in [0.25, 0.3) is 0 Å². The number of aryl methyl sites for hydroxylation is 1. The van der Waals surface area contributed by atoms with Gasteiger partial charge in [-0.3, -0.25) is 0 Å². The molecule has 0 aromatic heterocycles. The van der Waals surface area contributed by atoms with Crippen molar-refractivity contribution in [2.24, 2.45) is 5.73 Å². The summed E-state index contributed by atoms with van der Waals surface area (Å²) in [6.45, 7) is 6.21. The zero-order chi connectivity index (χ0) is 11.9. The zero-order valence-electron chi connectivity index (χ0n) is 9.76. The molecule has 1 aromatic carbocycles. The van der Waals surface area contributed by atoms with Gasteiger partial charge in [0.2, 0.25) is 6.79 Å². The molecular formula is C12H16ClNO2. The van der Waals surface area contributed by atoms with E-state index in [0.717, 1.165) is 16.9 Å². The monoisotopic (exact) mass is 241 g/mol. The predicted molar refractivity (Wildman–Crippen MR) is 64.3 cm³/mol. The highest BCUT2D eigenvalue weighted by Gasteiger charge is 2.24. The summed E-state index contributed by atoms with van der Waals surface area (Å²) in [5, 5.41) is 0.631. The van der Waals surface area contributed by atoms with E-state index in [2.05, 4.69) is 0 Å². The summed E-state index contributed by atoms with van der Waals surface area (Å²) in [6, 6.07) is 1.95. The first-order valence-corrected chi connectivity index (χ1v) is 5.63. The number of hydrogen-bond donors (Lipinski definition) is 1. The lowest BCUT2D eigenvalue weighted by molar-refractivity contribution is 0.174. The quantitative estimate of drug-likeness (QED) is 0.866. The van der Waals surface area contributed by atoms with Gasteiger partial charge < -0.3 is 15.2 Å². The summed E-state index contributed by atoms with van der Waals surface area (Å²) < 4.78 is 10.7. The van der Waals surface area contributed by atoms with Crippen LogP contribution in [0.5, 0.6) is 11.5 Å². The molecule has 1 aliphatic rings. The average Bonchev–Trinajstić information content (AvgIpc) is 2.58. The fourth-order valence-corrected chi connectivity index (χ4v) is 2.20. The van der Waals surface area contributed by atoms with Crippen molar-refractivity contribution in [1.29, 1.82) is 0 Å². The van der Waals surface area contributed by atoms with E-state index in [1.165, 1.54) is 0 Å². The molecule has 1 heterocycles. The van der Waals surface area contributed by atoms with Crippen LogP contribution in [-0.2, 0) is 6.42 Å². The summed E-state index contributed by atoms with van der Waals surface area (Å²) in [4.78, 5) is 0. The molecule has 3 nitrogen and oxygen atoms in total. The van der Waals surface area contributed by atoms with Crippen molar-refractivity contribution in [3.63, 3.8) is 0 Å². The summed E-state index contributed by atoms with van der Waals surface area (Å²) >= 11 is 6.30. The third-order valence-electron chi connectivity index (χ3n) is 2.56. The van der Waals surface area contributed by atoms with Gasteiger partial charge in [-0.2, -0.15) is 0 Å².